The Balaban J connectivity index is 1.89. The van der Waals surface area contributed by atoms with E-state index >= 15 is 0 Å². The van der Waals surface area contributed by atoms with Crippen LogP contribution in [0.2, 0.25) is 0 Å². The summed E-state index contributed by atoms with van der Waals surface area (Å²) in [6.45, 7) is 5.35. The summed E-state index contributed by atoms with van der Waals surface area (Å²) in [6.07, 6.45) is 2.70. The van der Waals surface area contributed by atoms with Crippen molar-refractivity contribution < 1.29 is 4.42 Å². The lowest BCUT2D eigenvalue weighted by Crippen LogP contribution is -2.19. The molecular formula is C21H23NO. The molecule has 0 saturated heterocycles. The Morgan fingerprint density at radius 1 is 1.00 bits per heavy atom. The van der Waals surface area contributed by atoms with E-state index in [1.807, 2.05) is 0 Å². The first-order valence-corrected chi connectivity index (χ1v) is 8.43. The number of fused-ring (bicyclic) bond motifs is 1. The highest BCUT2D eigenvalue weighted by Crippen LogP contribution is 2.42. The van der Waals surface area contributed by atoms with Gasteiger partial charge in [-0.2, -0.15) is 0 Å². The smallest absolute Gasteiger partial charge is 0.204 e. The summed E-state index contributed by atoms with van der Waals surface area (Å²) in [5.41, 5.74) is 5.99. The Bertz CT molecular complexity index is 840. The zero-order valence-corrected chi connectivity index (χ0v) is 14.1. The molecule has 1 heterocycles. The maximum absolute atomic E-state index is 6.26. The lowest BCUT2D eigenvalue weighted by atomic mass is 10.0. The Morgan fingerprint density at radius 2 is 1.70 bits per heavy atom. The van der Waals surface area contributed by atoms with Crippen molar-refractivity contribution in [3.05, 3.63) is 53.6 Å². The van der Waals surface area contributed by atoms with E-state index in [9.17, 15) is 0 Å². The molecule has 4 rings (SSSR count). The topological polar surface area (TPSA) is 16.4 Å². The van der Waals surface area contributed by atoms with Gasteiger partial charge in [-0.1, -0.05) is 41.5 Å². The fourth-order valence-corrected chi connectivity index (χ4v) is 3.24. The van der Waals surface area contributed by atoms with E-state index in [4.69, 9.17) is 4.42 Å². The van der Waals surface area contributed by atoms with Gasteiger partial charge in [-0.15, -0.1) is 0 Å². The van der Waals surface area contributed by atoms with Crippen molar-refractivity contribution in [3.63, 3.8) is 0 Å². The summed E-state index contributed by atoms with van der Waals surface area (Å²) in [4.78, 5) is 2.29. The van der Waals surface area contributed by atoms with E-state index in [1.54, 1.807) is 0 Å². The van der Waals surface area contributed by atoms with Crippen LogP contribution in [0.15, 0.2) is 46.9 Å². The van der Waals surface area contributed by atoms with Crippen LogP contribution in [0.1, 0.15) is 24.0 Å². The second kappa shape index (κ2) is 5.45. The maximum atomic E-state index is 6.26. The van der Waals surface area contributed by atoms with E-state index < -0.39 is 0 Å². The van der Waals surface area contributed by atoms with Gasteiger partial charge in [0, 0.05) is 19.0 Å². The average Bonchev–Trinajstić information content (AvgIpc) is 3.26. The largest absolute Gasteiger partial charge is 0.440 e. The summed E-state index contributed by atoms with van der Waals surface area (Å²) in [5.74, 6) is 1.84. The zero-order valence-electron chi connectivity index (χ0n) is 14.1. The third kappa shape index (κ3) is 2.74. The number of hydrogen-bond donors (Lipinski definition) is 0. The molecule has 2 heteroatoms. The van der Waals surface area contributed by atoms with Gasteiger partial charge in [0.05, 0.1) is 5.56 Å². The molecule has 118 valence electrons. The van der Waals surface area contributed by atoms with Crippen LogP contribution in [0.4, 0.5) is 5.88 Å². The number of rotatable bonds is 4. The first kappa shape index (κ1) is 14.4. The molecule has 0 atom stereocenters. The molecule has 0 bridgehead atoms. The highest BCUT2D eigenvalue weighted by Gasteiger charge is 2.26. The molecule has 2 nitrogen and oxygen atoms in total. The predicted octanol–water partition coefficient (Wildman–Crippen LogP) is 5.56. The molecule has 2 aromatic carbocycles. The first-order chi connectivity index (χ1) is 11.1. The fraction of sp³-hybridized carbons (Fsp3) is 0.333. The zero-order chi connectivity index (χ0) is 16.0. The summed E-state index contributed by atoms with van der Waals surface area (Å²) >= 11 is 0. The summed E-state index contributed by atoms with van der Waals surface area (Å²) in [6, 6.07) is 15.2. The minimum absolute atomic E-state index is 0.834. The van der Waals surface area contributed by atoms with Crippen LogP contribution < -0.4 is 4.90 Å². The highest BCUT2D eigenvalue weighted by atomic mass is 16.4. The van der Waals surface area contributed by atoms with Gasteiger partial charge < -0.3 is 9.32 Å². The van der Waals surface area contributed by atoms with Crippen LogP contribution in [0.5, 0.6) is 0 Å². The molecule has 3 aromatic rings. The standard InChI is InChI=1S/C21H23NO/c1-14-4-9-17(10-5-14)20-18-12-15(2)6-11-19(18)23-21(20)22(3)13-16-7-8-16/h4-6,9-12,16H,7-8,13H2,1-3H3. The normalized spacial score (nSPS) is 14.4. The Kier molecular flexibility index (Phi) is 3.41. The van der Waals surface area contributed by atoms with Gasteiger partial charge in [-0.25, -0.2) is 0 Å². The molecule has 0 amide bonds. The van der Waals surface area contributed by atoms with E-state index in [0.717, 1.165) is 23.9 Å². The first-order valence-electron chi connectivity index (χ1n) is 8.43. The van der Waals surface area contributed by atoms with E-state index in [0.29, 0.717) is 0 Å². The molecule has 0 radical (unpaired) electrons. The lowest BCUT2D eigenvalue weighted by Gasteiger charge is -2.17. The summed E-state index contributed by atoms with van der Waals surface area (Å²) < 4.78 is 6.26. The molecule has 0 unspecified atom stereocenters. The van der Waals surface area contributed by atoms with Crippen LogP contribution in [-0.2, 0) is 0 Å². The third-order valence-corrected chi connectivity index (χ3v) is 4.74. The van der Waals surface area contributed by atoms with Crippen molar-refractivity contribution in [2.24, 2.45) is 5.92 Å². The van der Waals surface area contributed by atoms with Gasteiger partial charge in [0.25, 0.3) is 0 Å². The predicted molar refractivity (Wildman–Crippen MR) is 97.1 cm³/mol. The van der Waals surface area contributed by atoms with E-state index in [2.05, 4.69) is 68.3 Å². The Morgan fingerprint density at radius 3 is 2.39 bits per heavy atom. The van der Waals surface area contributed by atoms with Crippen molar-refractivity contribution in [1.29, 1.82) is 0 Å². The molecule has 0 aliphatic heterocycles. The number of furan rings is 1. The van der Waals surface area contributed by atoms with Gasteiger partial charge in [0.15, 0.2) is 0 Å². The van der Waals surface area contributed by atoms with Crippen LogP contribution in [-0.4, -0.2) is 13.6 Å². The van der Waals surface area contributed by atoms with Crippen molar-refractivity contribution in [2.45, 2.75) is 26.7 Å². The Labute approximate surface area is 137 Å². The molecule has 1 aliphatic rings. The highest BCUT2D eigenvalue weighted by molar-refractivity contribution is 6.00. The fourth-order valence-electron chi connectivity index (χ4n) is 3.24. The van der Waals surface area contributed by atoms with Gasteiger partial charge >= 0.3 is 0 Å². The number of hydrogen-bond acceptors (Lipinski definition) is 2. The molecule has 0 spiro atoms. The molecule has 1 fully saturated rings. The Hall–Kier alpha value is -2.22. The summed E-state index contributed by atoms with van der Waals surface area (Å²) in [7, 11) is 2.15. The third-order valence-electron chi connectivity index (χ3n) is 4.74. The number of benzene rings is 2. The van der Waals surface area contributed by atoms with Crippen LogP contribution >= 0.6 is 0 Å². The molecule has 23 heavy (non-hydrogen) atoms. The second-order valence-electron chi connectivity index (χ2n) is 6.97. The second-order valence-corrected chi connectivity index (χ2v) is 6.97. The van der Waals surface area contributed by atoms with Gasteiger partial charge in [0.1, 0.15) is 5.58 Å². The van der Waals surface area contributed by atoms with Crippen molar-refractivity contribution in [2.75, 3.05) is 18.5 Å². The molecule has 0 N–H and O–H groups in total. The SMILES string of the molecule is Cc1ccc(-c2c(N(C)CC3CC3)oc3ccc(C)cc23)cc1. The molecule has 1 saturated carbocycles. The van der Waals surface area contributed by atoms with Gasteiger partial charge in [-0.05, 0) is 50.3 Å². The quantitative estimate of drug-likeness (QED) is 0.627. The van der Waals surface area contributed by atoms with Crippen molar-refractivity contribution >= 4 is 16.9 Å². The van der Waals surface area contributed by atoms with Gasteiger partial charge in [0.2, 0.25) is 5.88 Å². The maximum Gasteiger partial charge on any atom is 0.204 e. The number of aryl methyl sites for hydroxylation is 2. The minimum Gasteiger partial charge on any atom is -0.440 e. The number of anilines is 1. The van der Waals surface area contributed by atoms with E-state index in [1.165, 1.54) is 40.5 Å². The molecule has 1 aliphatic carbocycles. The lowest BCUT2D eigenvalue weighted by molar-refractivity contribution is 0.589. The van der Waals surface area contributed by atoms with Crippen LogP contribution in [0.25, 0.3) is 22.1 Å². The minimum atomic E-state index is 0.834. The number of nitrogens with zero attached hydrogens (tertiary/aromatic N) is 1. The van der Waals surface area contributed by atoms with Crippen LogP contribution in [0, 0.1) is 19.8 Å². The van der Waals surface area contributed by atoms with Gasteiger partial charge in [-0.3, -0.25) is 0 Å². The van der Waals surface area contributed by atoms with Crippen molar-refractivity contribution in [1.82, 2.24) is 0 Å². The molecule has 1 aromatic heterocycles. The van der Waals surface area contributed by atoms with Crippen LogP contribution in [0.3, 0.4) is 0 Å². The van der Waals surface area contributed by atoms with Crippen molar-refractivity contribution in [3.8, 4) is 11.1 Å². The summed E-state index contributed by atoms with van der Waals surface area (Å²) in [5, 5.41) is 1.21. The molecular weight excluding hydrogens is 282 g/mol. The average molecular weight is 305 g/mol. The van der Waals surface area contributed by atoms with E-state index in [-0.39, 0.29) is 0 Å². The monoisotopic (exact) mass is 305 g/mol.